The van der Waals surface area contributed by atoms with E-state index in [1.54, 1.807) is 7.11 Å². The van der Waals surface area contributed by atoms with Crippen LogP contribution in [0.1, 0.15) is 25.0 Å². The number of allylic oxidation sites excluding steroid dienone is 1. The highest BCUT2D eigenvalue weighted by molar-refractivity contribution is 9.12. The number of carbonyl (C=O) groups excluding carboxylic acids is 1. The molecule has 0 spiro atoms. The zero-order chi connectivity index (χ0) is 20.4. The number of methoxy groups -OCH3 is 1. The minimum absolute atomic E-state index is 0.0565. The molecule has 146 valence electrons. The molecule has 1 amide bonds. The molecule has 0 N–H and O–H groups in total. The van der Waals surface area contributed by atoms with E-state index < -0.39 is 0 Å². The number of halogens is 3. The number of hydrogen-bond acceptors (Lipinski definition) is 2. The topological polar surface area (TPSA) is 29.5 Å². The molecule has 2 aromatic carbocycles. The summed E-state index contributed by atoms with van der Waals surface area (Å²) < 4.78 is 7.01. The molecule has 2 aromatic rings. The molecule has 28 heavy (non-hydrogen) atoms. The van der Waals surface area contributed by atoms with E-state index in [2.05, 4.69) is 45.7 Å². The number of hydrogen-bond donors (Lipinski definition) is 0. The van der Waals surface area contributed by atoms with Crippen LogP contribution in [0.4, 0.5) is 0 Å². The van der Waals surface area contributed by atoms with Crippen LogP contribution in [0.25, 0.3) is 11.6 Å². The van der Waals surface area contributed by atoms with Crippen molar-refractivity contribution in [1.29, 1.82) is 0 Å². The second kappa shape index (κ2) is 8.85. The van der Waals surface area contributed by atoms with Crippen molar-refractivity contribution in [2.24, 2.45) is 5.92 Å². The fourth-order valence-electron chi connectivity index (χ4n) is 3.16. The number of benzene rings is 2. The minimum Gasteiger partial charge on any atom is -0.496 e. The summed E-state index contributed by atoms with van der Waals surface area (Å²) in [7, 11) is 1.63. The van der Waals surface area contributed by atoms with Crippen LogP contribution in [0.15, 0.2) is 57.1 Å². The Bertz CT molecular complexity index is 982. The molecule has 1 heterocycles. The SMILES string of the molecule is COc1ccc(Br)cc1C1=C(Br)C(=O)N(CC(C)C)/C1=C\c1cccc(Cl)c1. The van der Waals surface area contributed by atoms with Crippen molar-refractivity contribution in [2.45, 2.75) is 13.8 Å². The Kier molecular flexibility index (Phi) is 6.69. The molecule has 1 aliphatic heterocycles. The van der Waals surface area contributed by atoms with Crippen molar-refractivity contribution in [3.05, 3.63) is 73.3 Å². The van der Waals surface area contributed by atoms with Gasteiger partial charge in [0, 0.05) is 27.2 Å². The van der Waals surface area contributed by atoms with E-state index in [0.717, 1.165) is 26.9 Å². The minimum atomic E-state index is -0.0565. The third-order valence-corrected chi connectivity index (χ3v) is 5.79. The Morgan fingerprint density at radius 3 is 2.57 bits per heavy atom. The van der Waals surface area contributed by atoms with Crippen molar-refractivity contribution in [1.82, 2.24) is 4.90 Å². The van der Waals surface area contributed by atoms with Gasteiger partial charge in [-0.1, -0.05) is 53.5 Å². The Morgan fingerprint density at radius 1 is 1.18 bits per heavy atom. The Hall–Kier alpha value is -1.56. The number of rotatable bonds is 5. The van der Waals surface area contributed by atoms with Gasteiger partial charge in [0.15, 0.2) is 0 Å². The van der Waals surface area contributed by atoms with Crippen LogP contribution in [0.2, 0.25) is 5.02 Å². The van der Waals surface area contributed by atoms with Gasteiger partial charge in [0.2, 0.25) is 0 Å². The van der Waals surface area contributed by atoms with Crippen LogP contribution in [0.3, 0.4) is 0 Å². The smallest absolute Gasteiger partial charge is 0.266 e. The third-order valence-electron chi connectivity index (χ3n) is 4.33. The molecular formula is C22H20Br2ClNO2. The summed E-state index contributed by atoms with van der Waals surface area (Å²) in [5.41, 5.74) is 3.40. The normalized spacial score (nSPS) is 15.9. The Balaban J connectivity index is 2.23. The number of nitrogens with zero attached hydrogens (tertiary/aromatic N) is 1. The fourth-order valence-corrected chi connectivity index (χ4v) is 4.36. The summed E-state index contributed by atoms with van der Waals surface area (Å²) in [6.45, 7) is 4.80. The molecule has 0 fully saturated rings. The summed E-state index contributed by atoms with van der Waals surface area (Å²) >= 11 is 13.2. The van der Waals surface area contributed by atoms with Crippen molar-refractivity contribution in [3.63, 3.8) is 0 Å². The number of carbonyl (C=O) groups is 1. The van der Waals surface area contributed by atoms with Gasteiger partial charge in [-0.15, -0.1) is 0 Å². The van der Waals surface area contributed by atoms with Crippen LogP contribution in [-0.2, 0) is 4.79 Å². The lowest BCUT2D eigenvalue weighted by Crippen LogP contribution is -2.29. The second-order valence-electron chi connectivity index (χ2n) is 6.93. The molecule has 3 nitrogen and oxygen atoms in total. The second-order valence-corrected chi connectivity index (χ2v) is 9.07. The zero-order valence-corrected chi connectivity index (χ0v) is 19.7. The highest BCUT2D eigenvalue weighted by atomic mass is 79.9. The molecule has 6 heteroatoms. The molecule has 0 bridgehead atoms. The van der Waals surface area contributed by atoms with Crippen molar-refractivity contribution in [3.8, 4) is 5.75 Å². The molecule has 0 unspecified atom stereocenters. The predicted molar refractivity (Wildman–Crippen MR) is 123 cm³/mol. The third kappa shape index (κ3) is 4.37. The maximum absolute atomic E-state index is 13.1. The molecule has 3 rings (SSSR count). The molecule has 0 saturated heterocycles. The van der Waals surface area contributed by atoms with E-state index in [-0.39, 0.29) is 5.91 Å². The van der Waals surface area contributed by atoms with E-state index in [1.807, 2.05) is 53.4 Å². The van der Waals surface area contributed by atoms with E-state index in [9.17, 15) is 4.79 Å². The van der Waals surface area contributed by atoms with Gasteiger partial charge in [-0.25, -0.2) is 0 Å². The zero-order valence-electron chi connectivity index (χ0n) is 15.8. The van der Waals surface area contributed by atoms with Gasteiger partial charge in [-0.3, -0.25) is 4.79 Å². The number of ether oxygens (including phenoxy) is 1. The van der Waals surface area contributed by atoms with Gasteiger partial charge in [-0.2, -0.15) is 0 Å². The molecule has 0 saturated carbocycles. The Morgan fingerprint density at radius 2 is 1.93 bits per heavy atom. The maximum Gasteiger partial charge on any atom is 0.266 e. The summed E-state index contributed by atoms with van der Waals surface area (Å²) in [6.07, 6.45) is 2.00. The van der Waals surface area contributed by atoms with Gasteiger partial charge in [0.1, 0.15) is 5.75 Å². The van der Waals surface area contributed by atoms with E-state index in [4.69, 9.17) is 16.3 Å². The first-order chi connectivity index (χ1) is 13.3. The first-order valence-electron chi connectivity index (χ1n) is 8.85. The standard InChI is InChI=1S/C22H20Br2ClNO2/c1-13(2)12-26-18(10-14-5-4-6-16(25)9-14)20(21(24)22(26)27)17-11-15(23)7-8-19(17)28-3/h4-11,13H,12H2,1-3H3/b18-10-. The molecular weight excluding hydrogens is 506 g/mol. The molecule has 0 radical (unpaired) electrons. The monoisotopic (exact) mass is 523 g/mol. The molecule has 0 aromatic heterocycles. The summed E-state index contributed by atoms with van der Waals surface area (Å²) in [5, 5.41) is 0.652. The lowest BCUT2D eigenvalue weighted by molar-refractivity contribution is -0.123. The lowest BCUT2D eigenvalue weighted by Gasteiger charge is -2.23. The predicted octanol–water partition coefficient (Wildman–Crippen LogP) is 6.76. The maximum atomic E-state index is 13.1. The molecule has 1 aliphatic rings. The van der Waals surface area contributed by atoms with Crippen molar-refractivity contribution < 1.29 is 9.53 Å². The fraction of sp³-hybridized carbons (Fsp3) is 0.227. The van der Waals surface area contributed by atoms with Crippen LogP contribution in [-0.4, -0.2) is 24.5 Å². The van der Waals surface area contributed by atoms with Crippen LogP contribution >= 0.6 is 43.5 Å². The van der Waals surface area contributed by atoms with Gasteiger partial charge in [-0.05, 0) is 63.8 Å². The van der Waals surface area contributed by atoms with E-state index in [0.29, 0.717) is 27.7 Å². The van der Waals surface area contributed by atoms with Crippen LogP contribution in [0.5, 0.6) is 5.75 Å². The summed E-state index contributed by atoms with van der Waals surface area (Å²) in [4.78, 5) is 14.9. The van der Waals surface area contributed by atoms with Crippen LogP contribution < -0.4 is 4.74 Å². The average Bonchev–Trinajstić information content (AvgIpc) is 2.86. The van der Waals surface area contributed by atoms with Gasteiger partial charge in [0.05, 0.1) is 17.3 Å². The Labute approximate surface area is 187 Å². The van der Waals surface area contributed by atoms with Gasteiger partial charge < -0.3 is 9.64 Å². The van der Waals surface area contributed by atoms with E-state index in [1.165, 1.54) is 0 Å². The number of amides is 1. The molecule has 0 aliphatic carbocycles. The van der Waals surface area contributed by atoms with Crippen LogP contribution in [0, 0.1) is 5.92 Å². The van der Waals surface area contributed by atoms with Crippen molar-refractivity contribution >= 4 is 61.0 Å². The van der Waals surface area contributed by atoms with Gasteiger partial charge in [0.25, 0.3) is 5.91 Å². The highest BCUT2D eigenvalue weighted by Gasteiger charge is 2.36. The van der Waals surface area contributed by atoms with Crippen molar-refractivity contribution in [2.75, 3.05) is 13.7 Å². The van der Waals surface area contributed by atoms with Gasteiger partial charge >= 0.3 is 0 Å². The first kappa shape index (κ1) is 21.2. The average molecular weight is 526 g/mol. The summed E-state index contributed by atoms with van der Waals surface area (Å²) in [5.74, 6) is 0.959. The highest BCUT2D eigenvalue weighted by Crippen LogP contribution is 2.44. The van der Waals surface area contributed by atoms with E-state index >= 15 is 0 Å². The lowest BCUT2D eigenvalue weighted by atomic mass is 10.0. The summed E-state index contributed by atoms with van der Waals surface area (Å²) in [6, 6.07) is 13.4. The molecule has 0 atom stereocenters. The first-order valence-corrected chi connectivity index (χ1v) is 10.8. The quantitative estimate of drug-likeness (QED) is 0.432. The largest absolute Gasteiger partial charge is 0.496 e.